The molecule has 0 spiro atoms. The summed E-state index contributed by atoms with van der Waals surface area (Å²) in [6, 6.07) is 0. The van der Waals surface area contributed by atoms with Crippen LogP contribution in [0.5, 0.6) is 0 Å². The molecule has 35 heteroatoms. The number of unbranched alkanes of at least 4 members (excludes halogenated alkanes) is 1. The Balaban J connectivity index is 1.09. The van der Waals surface area contributed by atoms with Gasteiger partial charge in [0.25, 0.3) is 0 Å². The summed E-state index contributed by atoms with van der Waals surface area (Å²) >= 11 is 1.30. The molecule has 472 valence electrons. The zero-order valence-electron chi connectivity index (χ0n) is 43.3. The second kappa shape index (κ2) is 28.9. The molecule has 0 radical (unpaired) electrons. The highest BCUT2D eigenvalue weighted by Crippen LogP contribution is 2.39. The van der Waals surface area contributed by atoms with E-state index in [2.05, 4.69) is 0 Å². The normalized spacial score (nSPS) is 53.2. The van der Waals surface area contributed by atoms with E-state index < -0.39 is 255 Å². The lowest BCUT2D eigenvalue weighted by atomic mass is 9.95. The summed E-state index contributed by atoms with van der Waals surface area (Å²) in [6.07, 6.45) is -66.8. The van der Waals surface area contributed by atoms with E-state index in [-0.39, 0.29) is 5.75 Å². The molecule has 21 fully saturated rings. The molecule has 21 heterocycles. The molecule has 20 N–H and O–H groups in total. The predicted octanol–water partition coefficient (Wildman–Crippen LogP) is -12.7. The first-order valence-corrected chi connectivity index (χ1v) is 27.7. The minimum Gasteiger partial charge on any atom is -0.394 e. The van der Waals surface area contributed by atoms with Gasteiger partial charge in [0.05, 0.1) is 45.7 Å². The van der Waals surface area contributed by atoms with Crippen LogP contribution >= 0.6 is 11.8 Å². The summed E-state index contributed by atoms with van der Waals surface area (Å²) in [4.78, 5) is 0. The molecule has 21 aliphatic heterocycles. The van der Waals surface area contributed by atoms with Gasteiger partial charge in [-0.2, -0.15) is 11.8 Å². The minimum absolute atomic E-state index is 0.0190. The van der Waals surface area contributed by atoms with E-state index in [9.17, 15) is 102 Å². The van der Waals surface area contributed by atoms with Gasteiger partial charge in [-0.1, -0.05) is 13.3 Å². The monoisotopic (exact) mass is 1210 g/mol. The molecular formula is C46H78O34S. The first-order chi connectivity index (χ1) is 38.7. The summed E-state index contributed by atoms with van der Waals surface area (Å²) < 4.78 is 81.2. The van der Waals surface area contributed by atoms with Crippen molar-refractivity contribution in [2.45, 2.75) is 235 Å². The molecule has 0 saturated carbocycles. The van der Waals surface area contributed by atoms with Crippen LogP contribution in [0.25, 0.3) is 0 Å². The van der Waals surface area contributed by atoms with Crippen molar-refractivity contribution in [1.82, 2.24) is 0 Å². The standard InChI is InChI=1S/C46H78O34S/c1-2-3-4-81-11-18-39-25(59)32(66)46(73-18)79-38-17(10-52)71-44(30(64)23(38)57)77-36-15(8-50)69-42(28(62)21(36)55)75-34-13(6-48)67-40(26(60)19(34)53)74-33-12(5-47)68-41(27(61)20(33)54)76-35-14(7-49)70-43(29(63)22(35)56)78-37-16(9-51)72-45(80-39)31(65)24(37)58/h12-66H,2-11H2,1H3/t12-,13-,14-,15-,16-,17-,18-,19-,20-,21-,22-,23-,24-,25-,26-,27-,28-,29-,30-,31-,32-,33-,34-,35-,36-,37-,38-,39-,40-,41-,42-,43-,44-,45-,46-/m1/s1. The predicted molar refractivity (Wildman–Crippen MR) is 254 cm³/mol. The van der Waals surface area contributed by atoms with Crippen LogP contribution in [0.2, 0.25) is 0 Å². The molecule has 21 aliphatic rings. The summed E-state index contributed by atoms with van der Waals surface area (Å²) in [6.45, 7) is -4.19. The van der Waals surface area contributed by atoms with Crippen molar-refractivity contribution in [1.29, 1.82) is 0 Å². The maximum atomic E-state index is 11.7. The maximum absolute atomic E-state index is 11.7. The Morgan fingerprint density at radius 1 is 0.247 bits per heavy atom. The van der Waals surface area contributed by atoms with E-state index in [0.717, 1.165) is 6.42 Å². The molecule has 0 aromatic rings. The fraction of sp³-hybridized carbons (Fsp3) is 1.00. The van der Waals surface area contributed by atoms with Gasteiger partial charge in [-0.15, -0.1) is 0 Å². The van der Waals surface area contributed by atoms with E-state index in [4.69, 9.17) is 66.3 Å². The smallest absolute Gasteiger partial charge is 0.187 e. The molecule has 0 aliphatic carbocycles. The van der Waals surface area contributed by atoms with Crippen molar-refractivity contribution in [2.75, 3.05) is 51.1 Å². The third-order valence-corrected chi connectivity index (χ3v) is 16.7. The Morgan fingerprint density at radius 3 is 0.593 bits per heavy atom. The van der Waals surface area contributed by atoms with Crippen LogP contribution in [-0.2, 0) is 66.3 Å². The van der Waals surface area contributed by atoms with Crippen LogP contribution in [0.4, 0.5) is 0 Å². The lowest BCUT2D eigenvalue weighted by molar-refractivity contribution is -0.396. The molecule has 0 aromatic heterocycles. The average molecular weight is 1210 g/mol. The molecule has 34 nitrogen and oxygen atoms in total. The van der Waals surface area contributed by atoms with Crippen LogP contribution in [-0.4, -0.2) is 368 Å². The van der Waals surface area contributed by atoms with E-state index in [1.807, 2.05) is 6.92 Å². The topological polar surface area (TPSA) is 534 Å². The van der Waals surface area contributed by atoms with Gasteiger partial charge in [-0.05, 0) is 12.2 Å². The number of aliphatic hydroxyl groups excluding tert-OH is 20. The van der Waals surface area contributed by atoms with Crippen molar-refractivity contribution in [3.05, 3.63) is 0 Å². The molecule has 81 heavy (non-hydrogen) atoms. The van der Waals surface area contributed by atoms with Crippen molar-refractivity contribution in [3.8, 4) is 0 Å². The van der Waals surface area contributed by atoms with E-state index in [1.54, 1.807) is 0 Å². The summed E-state index contributed by atoms with van der Waals surface area (Å²) in [5.41, 5.74) is 0. The van der Waals surface area contributed by atoms with Crippen molar-refractivity contribution >= 4 is 11.8 Å². The Bertz CT molecular complexity index is 1890. The average Bonchev–Trinajstić information content (AvgIpc) is 3.47. The summed E-state index contributed by atoms with van der Waals surface area (Å²) in [5, 5.41) is 222. The number of hydrogen-bond acceptors (Lipinski definition) is 35. The lowest BCUT2D eigenvalue weighted by Gasteiger charge is -2.50. The number of aliphatic hydroxyl groups is 20. The van der Waals surface area contributed by atoms with Crippen LogP contribution < -0.4 is 0 Å². The quantitative estimate of drug-likeness (QED) is 0.0854. The van der Waals surface area contributed by atoms with Crippen molar-refractivity contribution in [2.24, 2.45) is 0 Å². The van der Waals surface area contributed by atoms with Gasteiger partial charge in [0.1, 0.15) is 165 Å². The number of thioether (sulfide) groups is 1. The van der Waals surface area contributed by atoms with Gasteiger partial charge in [-0.3, -0.25) is 0 Å². The Morgan fingerprint density at radius 2 is 0.420 bits per heavy atom. The van der Waals surface area contributed by atoms with Gasteiger partial charge in [0, 0.05) is 5.75 Å². The van der Waals surface area contributed by atoms with Crippen LogP contribution in [0.15, 0.2) is 0 Å². The van der Waals surface area contributed by atoms with Gasteiger partial charge >= 0.3 is 0 Å². The van der Waals surface area contributed by atoms with E-state index in [1.165, 1.54) is 11.8 Å². The van der Waals surface area contributed by atoms with Gasteiger partial charge < -0.3 is 168 Å². The second-order valence-electron chi connectivity index (χ2n) is 20.9. The first kappa shape index (κ1) is 66.0. The summed E-state index contributed by atoms with van der Waals surface area (Å²) in [5.74, 6) is 0.521. The van der Waals surface area contributed by atoms with Gasteiger partial charge in [0.15, 0.2) is 44.0 Å². The highest BCUT2D eigenvalue weighted by molar-refractivity contribution is 7.99. The zero-order chi connectivity index (χ0) is 58.9. The van der Waals surface area contributed by atoms with Crippen LogP contribution in [0.1, 0.15) is 19.8 Å². The first-order valence-electron chi connectivity index (χ1n) is 26.6. The van der Waals surface area contributed by atoms with E-state index in [0.29, 0.717) is 12.2 Å². The molecule has 0 amide bonds. The highest BCUT2D eigenvalue weighted by atomic mass is 32.2. The third-order valence-electron chi connectivity index (χ3n) is 15.5. The third kappa shape index (κ3) is 13.7. The molecule has 14 bridgehead atoms. The van der Waals surface area contributed by atoms with Gasteiger partial charge in [-0.25, -0.2) is 0 Å². The SMILES string of the molecule is CCCCSC[C@H]1O[C@@H]2O[C@H]3[C@H](O)[C@@H](O)[C@@H](O[C@H]4[C@H](O)[C@@H](O)[C@@H](O[C@H]5[C@H](O)[C@@H](O)[C@@H](O[C@H]6[C@H](O)[C@@H](O)[C@@H](O[C@H]7[C@H](O)[C@@H](O)[C@@H](O[C@H]8[C@H](O)[C@@H](O)[C@@H](O[C@H]1[C@H](O)[C@H]2O)O[C@@H]8CO)O[C@@H]7CO)O[C@@H]6CO)O[C@@H]5CO)O[C@@H]4CO)O[C@@H]3CO. The Labute approximate surface area is 465 Å². The fourth-order valence-electron chi connectivity index (χ4n) is 10.8. The Kier molecular flexibility index (Phi) is 23.5. The summed E-state index contributed by atoms with van der Waals surface area (Å²) in [7, 11) is 0. The molecule has 0 unspecified atom stereocenters. The highest BCUT2D eigenvalue weighted by Gasteiger charge is 2.59. The van der Waals surface area contributed by atoms with Gasteiger partial charge in [0.2, 0.25) is 0 Å². The largest absolute Gasteiger partial charge is 0.394 e. The van der Waals surface area contributed by atoms with Crippen LogP contribution in [0, 0.1) is 0 Å². The molecule has 35 atom stereocenters. The molecule has 21 rings (SSSR count). The van der Waals surface area contributed by atoms with E-state index >= 15 is 0 Å². The Hall–Kier alpha value is -1.01. The second-order valence-corrected chi connectivity index (χ2v) is 22.0. The maximum Gasteiger partial charge on any atom is 0.187 e. The minimum atomic E-state index is -2.20. The molecule has 21 saturated heterocycles. The van der Waals surface area contributed by atoms with Crippen molar-refractivity contribution in [3.63, 3.8) is 0 Å². The number of ether oxygens (including phenoxy) is 14. The molecular weight excluding hydrogens is 1130 g/mol. The van der Waals surface area contributed by atoms with Crippen molar-refractivity contribution < 1.29 is 168 Å². The number of hydrogen-bond donors (Lipinski definition) is 20. The fourth-order valence-corrected chi connectivity index (χ4v) is 12.0. The molecule has 0 aromatic carbocycles. The van der Waals surface area contributed by atoms with Crippen LogP contribution in [0.3, 0.4) is 0 Å². The number of rotatable bonds is 11. The lowest BCUT2D eigenvalue weighted by Crippen LogP contribution is -2.68. The zero-order valence-corrected chi connectivity index (χ0v) is 44.2.